The molecule has 0 unspecified atom stereocenters. The summed E-state index contributed by atoms with van der Waals surface area (Å²) >= 11 is 0. The zero-order valence-electron chi connectivity index (χ0n) is 13.9. The van der Waals surface area contributed by atoms with Crippen LogP contribution in [0.2, 0.25) is 0 Å². The molecule has 2 aromatic rings. The van der Waals surface area contributed by atoms with Crippen LogP contribution in [0, 0.1) is 12.7 Å². The number of aromatic nitrogens is 2. The molecule has 2 heterocycles. The van der Waals surface area contributed by atoms with Gasteiger partial charge in [-0.2, -0.15) is 0 Å². The van der Waals surface area contributed by atoms with Crippen LogP contribution in [0.15, 0.2) is 30.5 Å². The van der Waals surface area contributed by atoms with Crippen LogP contribution < -0.4 is 5.32 Å². The first-order valence-electron chi connectivity index (χ1n) is 8.66. The Balaban J connectivity index is 1.50. The molecule has 1 atom stereocenters. The molecule has 1 aliphatic carbocycles. The molecule has 5 heteroatoms. The Morgan fingerprint density at radius 2 is 2.08 bits per heavy atom. The zero-order valence-corrected chi connectivity index (χ0v) is 13.9. The molecule has 0 bridgehead atoms. The SMILES string of the molecule is Cc1cn2c(n1)CC[C@@H](NC(=O)C1(c3ccc(F)cc3)CCC1)C2. The number of halogens is 1. The molecule has 1 aliphatic heterocycles. The number of aryl methyl sites for hydroxylation is 2. The number of hydrogen-bond donors (Lipinski definition) is 1. The second-order valence-electron chi connectivity index (χ2n) is 7.10. The maximum Gasteiger partial charge on any atom is 0.230 e. The average molecular weight is 327 g/mol. The number of nitrogens with one attached hydrogen (secondary N) is 1. The fraction of sp³-hybridized carbons (Fsp3) is 0.474. The quantitative estimate of drug-likeness (QED) is 0.942. The first kappa shape index (κ1) is 15.4. The molecule has 0 spiro atoms. The Kier molecular flexibility index (Phi) is 3.66. The number of nitrogens with zero attached hydrogens (tertiary/aromatic N) is 2. The van der Waals surface area contributed by atoms with Crippen molar-refractivity contribution < 1.29 is 9.18 Å². The van der Waals surface area contributed by atoms with Crippen LogP contribution in [0.1, 0.15) is 42.8 Å². The number of carbonyl (C=O) groups excluding carboxylic acids is 1. The summed E-state index contributed by atoms with van der Waals surface area (Å²) in [5.41, 5.74) is 1.49. The van der Waals surface area contributed by atoms with E-state index < -0.39 is 5.41 Å². The van der Waals surface area contributed by atoms with Crippen LogP contribution >= 0.6 is 0 Å². The zero-order chi connectivity index (χ0) is 16.7. The molecule has 126 valence electrons. The topological polar surface area (TPSA) is 46.9 Å². The van der Waals surface area contributed by atoms with Crippen molar-refractivity contribution >= 4 is 5.91 Å². The molecule has 1 amide bonds. The second kappa shape index (κ2) is 5.72. The number of fused-ring (bicyclic) bond motifs is 1. The van der Waals surface area contributed by atoms with E-state index in [0.29, 0.717) is 0 Å². The maximum absolute atomic E-state index is 13.2. The van der Waals surface area contributed by atoms with E-state index in [1.807, 2.05) is 13.1 Å². The molecule has 0 saturated heterocycles. The number of rotatable bonds is 3. The van der Waals surface area contributed by atoms with E-state index in [1.165, 1.54) is 12.1 Å². The summed E-state index contributed by atoms with van der Waals surface area (Å²) in [6.45, 7) is 2.78. The Morgan fingerprint density at radius 1 is 1.33 bits per heavy atom. The van der Waals surface area contributed by atoms with Crippen LogP contribution in [-0.4, -0.2) is 21.5 Å². The molecule has 0 radical (unpaired) electrons. The van der Waals surface area contributed by atoms with Crippen molar-refractivity contribution in [3.63, 3.8) is 0 Å². The monoisotopic (exact) mass is 327 g/mol. The minimum absolute atomic E-state index is 0.0886. The molecule has 1 N–H and O–H groups in total. The Labute approximate surface area is 141 Å². The number of hydrogen-bond acceptors (Lipinski definition) is 2. The first-order chi connectivity index (χ1) is 11.6. The molecular weight excluding hydrogens is 305 g/mol. The van der Waals surface area contributed by atoms with Crippen LogP contribution in [0.5, 0.6) is 0 Å². The maximum atomic E-state index is 13.2. The van der Waals surface area contributed by atoms with E-state index >= 15 is 0 Å². The van der Waals surface area contributed by atoms with Gasteiger partial charge in [0.2, 0.25) is 5.91 Å². The molecule has 2 aliphatic rings. The third-order valence-electron chi connectivity index (χ3n) is 5.49. The lowest BCUT2D eigenvalue weighted by Crippen LogP contribution is -2.53. The molecule has 4 rings (SSSR count). The normalized spacial score (nSPS) is 21.7. The van der Waals surface area contributed by atoms with Crippen molar-refractivity contribution in [2.24, 2.45) is 0 Å². The van der Waals surface area contributed by atoms with E-state index in [-0.39, 0.29) is 17.8 Å². The summed E-state index contributed by atoms with van der Waals surface area (Å²) in [5.74, 6) is 0.935. The third kappa shape index (κ3) is 2.52. The molecule has 4 nitrogen and oxygen atoms in total. The fourth-order valence-electron chi connectivity index (χ4n) is 3.97. The van der Waals surface area contributed by atoms with Gasteiger partial charge in [0.15, 0.2) is 0 Å². The first-order valence-corrected chi connectivity index (χ1v) is 8.66. The predicted molar refractivity (Wildman–Crippen MR) is 89.1 cm³/mol. The van der Waals surface area contributed by atoms with Gasteiger partial charge >= 0.3 is 0 Å². The van der Waals surface area contributed by atoms with Crippen LogP contribution in [-0.2, 0) is 23.2 Å². The molecular formula is C19H22FN3O. The average Bonchev–Trinajstić information content (AvgIpc) is 2.87. The van der Waals surface area contributed by atoms with Gasteiger partial charge in [-0.25, -0.2) is 9.37 Å². The third-order valence-corrected chi connectivity index (χ3v) is 5.49. The second-order valence-corrected chi connectivity index (χ2v) is 7.10. The number of amides is 1. The summed E-state index contributed by atoms with van der Waals surface area (Å²) in [5, 5.41) is 3.24. The van der Waals surface area contributed by atoms with Crippen molar-refractivity contribution in [3.8, 4) is 0 Å². The van der Waals surface area contributed by atoms with E-state index in [9.17, 15) is 9.18 Å². The van der Waals surface area contributed by atoms with Gasteiger partial charge in [0.1, 0.15) is 11.6 Å². The van der Waals surface area contributed by atoms with Crippen LogP contribution in [0.3, 0.4) is 0 Å². The van der Waals surface area contributed by atoms with Crippen molar-refractivity contribution in [2.45, 2.75) is 57.0 Å². The fourth-order valence-corrected chi connectivity index (χ4v) is 3.97. The van der Waals surface area contributed by atoms with E-state index in [4.69, 9.17) is 0 Å². The molecule has 1 aromatic heterocycles. The van der Waals surface area contributed by atoms with Crippen molar-refractivity contribution in [2.75, 3.05) is 0 Å². The van der Waals surface area contributed by atoms with Crippen molar-refractivity contribution in [1.82, 2.24) is 14.9 Å². The van der Waals surface area contributed by atoms with E-state index in [0.717, 1.165) is 55.7 Å². The Morgan fingerprint density at radius 3 is 2.75 bits per heavy atom. The van der Waals surface area contributed by atoms with Gasteiger partial charge in [-0.3, -0.25) is 4.79 Å². The van der Waals surface area contributed by atoms with Crippen LogP contribution in [0.25, 0.3) is 0 Å². The molecule has 1 saturated carbocycles. The largest absolute Gasteiger partial charge is 0.351 e. The summed E-state index contributed by atoms with van der Waals surface area (Å²) < 4.78 is 15.4. The van der Waals surface area contributed by atoms with Gasteiger partial charge in [0.25, 0.3) is 0 Å². The summed E-state index contributed by atoms with van der Waals surface area (Å²) in [4.78, 5) is 17.5. The van der Waals surface area contributed by atoms with Gasteiger partial charge in [-0.05, 0) is 43.9 Å². The van der Waals surface area contributed by atoms with Gasteiger partial charge in [0.05, 0.1) is 11.1 Å². The Bertz CT molecular complexity index is 761. The van der Waals surface area contributed by atoms with Gasteiger partial charge in [-0.1, -0.05) is 18.6 Å². The van der Waals surface area contributed by atoms with Gasteiger partial charge in [-0.15, -0.1) is 0 Å². The number of imidazole rings is 1. The lowest BCUT2D eigenvalue weighted by atomic mass is 9.63. The highest BCUT2D eigenvalue weighted by atomic mass is 19.1. The van der Waals surface area contributed by atoms with Crippen molar-refractivity contribution in [3.05, 3.63) is 53.4 Å². The predicted octanol–water partition coefficient (Wildman–Crippen LogP) is 2.88. The number of carbonyl (C=O) groups is 1. The smallest absolute Gasteiger partial charge is 0.230 e. The number of benzene rings is 1. The molecule has 1 aromatic carbocycles. The van der Waals surface area contributed by atoms with Gasteiger partial charge < -0.3 is 9.88 Å². The summed E-state index contributed by atoms with van der Waals surface area (Å²) in [7, 11) is 0. The standard InChI is InChI=1S/C19H22FN3O/c1-13-11-23-12-16(7-8-17(23)21-13)22-18(24)19(9-2-10-19)14-3-5-15(20)6-4-14/h3-6,11,16H,2,7-10,12H2,1H3,(H,22,24)/t16-/m1/s1. The molecule has 1 fully saturated rings. The van der Waals surface area contributed by atoms with E-state index in [1.54, 1.807) is 12.1 Å². The minimum atomic E-state index is -0.473. The summed E-state index contributed by atoms with van der Waals surface area (Å²) in [6.07, 6.45) is 6.58. The van der Waals surface area contributed by atoms with Crippen LogP contribution in [0.4, 0.5) is 4.39 Å². The van der Waals surface area contributed by atoms with E-state index in [2.05, 4.69) is 14.9 Å². The highest BCUT2D eigenvalue weighted by Crippen LogP contribution is 2.44. The highest BCUT2D eigenvalue weighted by molar-refractivity contribution is 5.89. The highest BCUT2D eigenvalue weighted by Gasteiger charge is 2.46. The van der Waals surface area contributed by atoms with Crippen molar-refractivity contribution in [1.29, 1.82) is 0 Å². The lowest BCUT2D eigenvalue weighted by Gasteiger charge is -2.42. The minimum Gasteiger partial charge on any atom is -0.351 e. The molecule has 24 heavy (non-hydrogen) atoms. The summed E-state index contributed by atoms with van der Waals surface area (Å²) in [6, 6.07) is 6.54. The lowest BCUT2D eigenvalue weighted by molar-refractivity contribution is -0.130. The van der Waals surface area contributed by atoms with Gasteiger partial charge in [0, 0.05) is 25.2 Å². The Hall–Kier alpha value is -2.17.